The van der Waals surface area contributed by atoms with E-state index < -0.39 is 15.9 Å². The number of carbonyl (C=O) groups excluding carboxylic acids is 1. The fraction of sp³-hybridized carbons (Fsp3) is 0.211. The standard InChI is InChI=1S/C19H19BrN2O3S/c1-4-22-13(3)12(2)17-10-14(8-9-18(17)22)19(23)21-26(24,25)16-7-5-6-15(20)11-16/h5-11H,4H2,1-3H3,(H,21,23). The molecule has 0 aliphatic carbocycles. The lowest BCUT2D eigenvalue weighted by atomic mass is 10.1. The first-order chi connectivity index (χ1) is 12.2. The number of rotatable bonds is 4. The highest BCUT2D eigenvalue weighted by Crippen LogP contribution is 2.26. The van der Waals surface area contributed by atoms with Gasteiger partial charge in [-0.05, 0) is 62.7 Å². The molecule has 1 N–H and O–H groups in total. The largest absolute Gasteiger partial charge is 0.345 e. The van der Waals surface area contributed by atoms with E-state index in [1.165, 1.54) is 12.1 Å². The molecule has 0 saturated carbocycles. The van der Waals surface area contributed by atoms with Crippen LogP contribution in [-0.2, 0) is 16.6 Å². The number of amides is 1. The van der Waals surface area contributed by atoms with Gasteiger partial charge in [-0.15, -0.1) is 0 Å². The molecule has 7 heteroatoms. The third-order valence-electron chi connectivity index (χ3n) is 4.55. The van der Waals surface area contributed by atoms with Crippen LogP contribution >= 0.6 is 15.9 Å². The van der Waals surface area contributed by atoms with Crippen molar-refractivity contribution in [2.75, 3.05) is 0 Å². The number of aromatic nitrogens is 1. The molecule has 1 heterocycles. The molecule has 0 spiro atoms. The van der Waals surface area contributed by atoms with E-state index in [0.29, 0.717) is 10.0 Å². The zero-order chi connectivity index (χ0) is 19.1. The fourth-order valence-corrected chi connectivity index (χ4v) is 4.64. The molecule has 3 rings (SSSR count). The molecule has 5 nitrogen and oxygen atoms in total. The van der Waals surface area contributed by atoms with Gasteiger partial charge in [0.15, 0.2) is 0 Å². The number of fused-ring (bicyclic) bond motifs is 1. The average molecular weight is 435 g/mol. The summed E-state index contributed by atoms with van der Waals surface area (Å²) in [6.07, 6.45) is 0. The summed E-state index contributed by atoms with van der Waals surface area (Å²) in [7, 11) is -3.94. The van der Waals surface area contributed by atoms with Crippen LogP contribution in [-0.4, -0.2) is 18.9 Å². The number of carbonyl (C=O) groups is 1. The number of hydrogen-bond donors (Lipinski definition) is 1. The van der Waals surface area contributed by atoms with Gasteiger partial charge in [-0.3, -0.25) is 4.79 Å². The minimum atomic E-state index is -3.94. The topological polar surface area (TPSA) is 68.2 Å². The van der Waals surface area contributed by atoms with Crippen molar-refractivity contribution in [3.8, 4) is 0 Å². The van der Waals surface area contributed by atoms with Crippen LogP contribution in [0, 0.1) is 13.8 Å². The highest BCUT2D eigenvalue weighted by Gasteiger charge is 2.20. The number of nitrogens with one attached hydrogen (secondary N) is 1. The Morgan fingerprint density at radius 3 is 2.54 bits per heavy atom. The Balaban J connectivity index is 1.97. The molecule has 1 aromatic heterocycles. The van der Waals surface area contributed by atoms with Gasteiger partial charge in [-0.2, -0.15) is 0 Å². The summed E-state index contributed by atoms with van der Waals surface area (Å²) in [6, 6.07) is 11.5. The molecule has 0 aliphatic heterocycles. The van der Waals surface area contributed by atoms with E-state index in [1.807, 2.05) is 19.9 Å². The van der Waals surface area contributed by atoms with E-state index in [9.17, 15) is 13.2 Å². The number of aryl methyl sites for hydroxylation is 2. The van der Waals surface area contributed by atoms with Crippen LogP contribution in [0.25, 0.3) is 10.9 Å². The first kappa shape index (κ1) is 18.7. The van der Waals surface area contributed by atoms with E-state index in [2.05, 4.69) is 32.1 Å². The van der Waals surface area contributed by atoms with Crippen molar-refractivity contribution in [3.63, 3.8) is 0 Å². The van der Waals surface area contributed by atoms with Crippen LogP contribution in [0.4, 0.5) is 0 Å². The smallest absolute Gasteiger partial charge is 0.265 e. The fourth-order valence-electron chi connectivity index (χ4n) is 3.07. The molecule has 0 atom stereocenters. The molecule has 2 aromatic carbocycles. The van der Waals surface area contributed by atoms with E-state index in [0.717, 1.165) is 28.7 Å². The maximum absolute atomic E-state index is 12.5. The van der Waals surface area contributed by atoms with Crippen molar-refractivity contribution in [2.24, 2.45) is 0 Å². The molecule has 0 saturated heterocycles. The predicted molar refractivity (Wildman–Crippen MR) is 106 cm³/mol. The van der Waals surface area contributed by atoms with Crippen molar-refractivity contribution in [1.82, 2.24) is 9.29 Å². The summed E-state index contributed by atoms with van der Waals surface area (Å²) in [5.41, 5.74) is 3.58. The lowest BCUT2D eigenvalue weighted by molar-refractivity contribution is 0.0981. The number of benzene rings is 2. The zero-order valence-corrected chi connectivity index (χ0v) is 17.1. The Bertz CT molecular complexity index is 1120. The van der Waals surface area contributed by atoms with Crippen molar-refractivity contribution >= 4 is 42.8 Å². The normalized spacial score (nSPS) is 11.7. The van der Waals surface area contributed by atoms with Gasteiger partial charge in [-0.1, -0.05) is 22.0 Å². The third kappa shape index (κ3) is 3.29. The molecule has 3 aromatic rings. The second-order valence-corrected chi connectivity index (χ2v) is 8.68. The van der Waals surface area contributed by atoms with Crippen LogP contribution in [0.1, 0.15) is 28.5 Å². The summed E-state index contributed by atoms with van der Waals surface area (Å²) in [4.78, 5) is 12.6. The molecule has 0 bridgehead atoms. The number of hydrogen-bond acceptors (Lipinski definition) is 3. The molecule has 1 amide bonds. The van der Waals surface area contributed by atoms with Crippen molar-refractivity contribution in [1.29, 1.82) is 0 Å². The SMILES string of the molecule is CCn1c(C)c(C)c2cc(C(=O)NS(=O)(=O)c3cccc(Br)c3)ccc21. The summed E-state index contributed by atoms with van der Waals surface area (Å²) >= 11 is 3.24. The first-order valence-corrected chi connectivity index (χ1v) is 10.4. The molecule has 0 unspecified atom stereocenters. The molecule has 0 fully saturated rings. The number of sulfonamides is 1. The molecule has 0 radical (unpaired) electrons. The lowest BCUT2D eigenvalue weighted by Gasteiger charge is -2.08. The number of nitrogens with zero attached hydrogens (tertiary/aromatic N) is 1. The van der Waals surface area contributed by atoms with Crippen LogP contribution in [0.2, 0.25) is 0 Å². The van der Waals surface area contributed by atoms with Crippen LogP contribution < -0.4 is 4.72 Å². The van der Waals surface area contributed by atoms with Gasteiger partial charge in [0, 0.05) is 33.2 Å². The molecular weight excluding hydrogens is 416 g/mol. The quantitative estimate of drug-likeness (QED) is 0.669. The number of halogens is 1. The summed E-state index contributed by atoms with van der Waals surface area (Å²) in [5, 5.41) is 0.955. The van der Waals surface area contributed by atoms with E-state index in [1.54, 1.807) is 24.3 Å². The van der Waals surface area contributed by atoms with Crippen molar-refractivity contribution < 1.29 is 13.2 Å². The van der Waals surface area contributed by atoms with Crippen LogP contribution in [0.5, 0.6) is 0 Å². The Kier molecular flexibility index (Phi) is 4.94. The lowest BCUT2D eigenvalue weighted by Crippen LogP contribution is -2.30. The van der Waals surface area contributed by atoms with Gasteiger partial charge in [0.05, 0.1) is 4.90 Å². The molecule has 136 valence electrons. The second-order valence-electron chi connectivity index (χ2n) is 6.08. The first-order valence-electron chi connectivity index (χ1n) is 8.16. The van der Waals surface area contributed by atoms with E-state index in [-0.39, 0.29) is 4.90 Å². The van der Waals surface area contributed by atoms with Gasteiger partial charge in [0.2, 0.25) is 0 Å². The van der Waals surface area contributed by atoms with Crippen LogP contribution in [0.15, 0.2) is 51.8 Å². The Labute approximate surface area is 161 Å². The summed E-state index contributed by atoms with van der Waals surface area (Å²) < 4.78 is 29.8. The second kappa shape index (κ2) is 6.89. The van der Waals surface area contributed by atoms with Gasteiger partial charge in [-0.25, -0.2) is 13.1 Å². The predicted octanol–water partition coefficient (Wildman–Crippen LogP) is 4.16. The maximum Gasteiger partial charge on any atom is 0.265 e. The summed E-state index contributed by atoms with van der Waals surface area (Å²) in [5.74, 6) is -0.645. The zero-order valence-electron chi connectivity index (χ0n) is 14.7. The van der Waals surface area contributed by atoms with Gasteiger partial charge < -0.3 is 4.57 Å². The Hall–Kier alpha value is -2.12. The van der Waals surface area contributed by atoms with Crippen molar-refractivity contribution in [3.05, 3.63) is 63.8 Å². The minimum Gasteiger partial charge on any atom is -0.345 e. The van der Waals surface area contributed by atoms with Gasteiger partial charge in [0.1, 0.15) is 0 Å². The van der Waals surface area contributed by atoms with Crippen molar-refractivity contribution in [2.45, 2.75) is 32.2 Å². The van der Waals surface area contributed by atoms with Crippen LogP contribution in [0.3, 0.4) is 0 Å². The molecule has 0 aliphatic rings. The summed E-state index contributed by atoms with van der Waals surface area (Å²) in [6.45, 7) is 6.94. The van der Waals surface area contributed by atoms with E-state index >= 15 is 0 Å². The monoisotopic (exact) mass is 434 g/mol. The highest BCUT2D eigenvalue weighted by molar-refractivity contribution is 9.10. The van der Waals surface area contributed by atoms with Gasteiger partial charge >= 0.3 is 0 Å². The molecular formula is C19H19BrN2O3S. The average Bonchev–Trinajstić information content (AvgIpc) is 2.84. The van der Waals surface area contributed by atoms with Gasteiger partial charge in [0.25, 0.3) is 15.9 Å². The Morgan fingerprint density at radius 1 is 1.15 bits per heavy atom. The Morgan fingerprint density at radius 2 is 1.88 bits per heavy atom. The molecule has 26 heavy (non-hydrogen) atoms. The highest BCUT2D eigenvalue weighted by atomic mass is 79.9. The van der Waals surface area contributed by atoms with E-state index in [4.69, 9.17) is 0 Å². The minimum absolute atomic E-state index is 0.0328. The maximum atomic E-state index is 12.5. The third-order valence-corrected chi connectivity index (χ3v) is 6.37.